The summed E-state index contributed by atoms with van der Waals surface area (Å²) in [6, 6.07) is 5.51. The highest BCUT2D eigenvalue weighted by molar-refractivity contribution is 6.30. The highest BCUT2D eigenvalue weighted by atomic mass is 35.5. The lowest BCUT2D eigenvalue weighted by molar-refractivity contribution is -0.122. The number of benzene rings is 1. The Balaban J connectivity index is 2.60. The fourth-order valence-electron chi connectivity index (χ4n) is 1.12. The van der Waals surface area contributed by atoms with Gasteiger partial charge >= 0.3 is 0 Å². The molecule has 0 aliphatic rings. The first kappa shape index (κ1) is 12.3. The Kier molecular flexibility index (Phi) is 4.88. The summed E-state index contributed by atoms with van der Waals surface area (Å²) < 4.78 is 15.5. The maximum atomic E-state index is 5.86. The van der Waals surface area contributed by atoms with Gasteiger partial charge in [-0.05, 0) is 24.6 Å². The average Bonchev–Trinajstić information content (AvgIpc) is 2.24. The predicted octanol–water partition coefficient (Wildman–Crippen LogP) is 2.65. The largest absolute Gasteiger partial charge is 0.488 e. The molecule has 1 rings (SSSR count). The van der Waals surface area contributed by atoms with Gasteiger partial charge in [0.15, 0.2) is 6.29 Å². The monoisotopic (exact) mass is 230 g/mol. The second-order valence-corrected chi connectivity index (χ2v) is 3.56. The zero-order valence-corrected chi connectivity index (χ0v) is 9.88. The van der Waals surface area contributed by atoms with E-state index >= 15 is 0 Å². The Labute approximate surface area is 94.9 Å². The van der Waals surface area contributed by atoms with Crippen molar-refractivity contribution in [3.05, 3.63) is 28.8 Å². The van der Waals surface area contributed by atoms with E-state index in [0.29, 0.717) is 11.6 Å². The molecule has 0 atom stereocenters. The predicted molar refractivity (Wildman–Crippen MR) is 59.5 cm³/mol. The van der Waals surface area contributed by atoms with Gasteiger partial charge in [-0.1, -0.05) is 17.7 Å². The van der Waals surface area contributed by atoms with E-state index in [9.17, 15) is 0 Å². The summed E-state index contributed by atoms with van der Waals surface area (Å²) in [7, 11) is 3.14. The molecule has 0 saturated carbocycles. The van der Waals surface area contributed by atoms with E-state index in [1.807, 2.05) is 19.1 Å². The zero-order valence-electron chi connectivity index (χ0n) is 9.12. The van der Waals surface area contributed by atoms with Crippen molar-refractivity contribution in [1.82, 2.24) is 0 Å². The summed E-state index contributed by atoms with van der Waals surface area (Å²) in [5, 5.41) is 0.655. The molecule has 0 saturated heterocycles. The van der Waals surface area contributed by atoms with Crippen molar-refractivity contribution in [3.8, 4) is 5.75 Å². The van der Waals surface area contributed by atoms with Crippen LogP contribution in [-0.2, 0) is 9.47 Å². The van der Waals surface area contributed by atoms with Crippen LogP contribution in [0.5, 0.6) is 5.75 Å². The van der Waals surface area contributed by atoms with E-state index in [1.54, 1.807) is 20.3 Å². The van der Waals surface area contributed by atoms with E-state index < -0.39 is 0 Å². The summed E-state index contributed by atoms with van der Waals surface area (Å²) >= 11 is 5.86. The smallest absolute Gasteiger partial charge is 0.191 e. The van der Waals surface area contributed by atoms with Gasteiger partial charge in [-0.25, -0.2) is 0 Å². The van der Waals surface area contributed by atoms with Crippen molar-refractivity contribution in [2.75, 3.05) is 20.8 Å². The van der Waals surface area contributed by atoms with Gasteiger partial charge in [0.1, 0.15) is 12.4 Å². The quantitative estimate of drug-likeness (QED) is 0.728. The van der Waals surface area contributed by atoms with Crippen molar-refractivity contribution < 1.29 is 14.2 Å². The first-order chi connectivity index (χ1) is 7.17. The van der Waals surface area contributed by atoms with E-state index in [2.05, 4.69) is 0 Å². The van der Waals surface area contributed by atoms with Gasteiger partial charge in [0, 0.05) is 19.2 Å². The summed E-state index contributed by atoms with van der Waals surface area (Å²) in [5.74, 6) is 0.751. The topological polar surface area (TPSA) is 27.7 Å². The Hall–Kier alpha value is -0.770. The minimum atomic E-state index is -0.358. The van der Waals surface area contributed by atoms with Crippen LogP contribution in [0, 0.1) is 6.92 Å². The van der Waals surface area contributed by atoms with Gasteiger partial charge in [0.05, 0.1) is 0 Å². The van der Waals surface area contributed by atoms with E-state index in [4.69, 9.17) is 25.8 Å². The Morgan fingerprint density at radius 3 is 2.53 bits per heavy atom. The highest BCUT2D eigenvalue weighted by Gasteiger charge is 2.07. The number of hydrogen-bond donors (Lipinski definition) is 0. The van der Waals surface area contributed by atoms with E-state index in [-0.39, 0.29) is 6.29 Å². The molecule has 0 aliphatic heterocycles. The molecule has 84 valence electrons. The third kappa shape index (κ3) is 3.70. The molecular weight excluding hydrogens is 216 g/mol. The third-order valence-electron chi connectivity index (χ3n) is 2.05. The van der Waals surface area contributed by atoms with Crippen LogP contribution in [-0.4, -0.2) is 27.1 Å². The number of hydrogen-bond acceptors (Lipinski definition) is 3. The first-order valence-corrected chi connectivity index (χ1v) is 4.99. The summed E-state index contributed by atoms with van der Waals surface area (Å²) in [4.78, 5) is 0. The van der Waals surface area contributed by atoms with E-state index in [1.165, 1.54) is 0 Å². The number of ether oxygens (including phenoxy) is 3. The van der Waals surface area contributed by atoms with E-state index in [0.717, 1.165) is 11.3 Å². The molecule has 3 nitrogen and oxygen atoms in total. The van der Waals surface area contributed by atoms with Crippen LogP contribution in [0.4, 0.5) is 0 Å². The lowest BCUT2D eigenvalue weighted by Crippen LogP contribution is -2.22. The third-order valence-corrected chi connectivity index (χ3v) is 2.29. The SMILES string of the molecule is COC(COc1cc(Cl)ccc1C)OC. The second kappa shape index (κ2) is 5.95. The Morgan fingerprint density at radius 1 is 1.27 bits per heavy atom. The summed E-state index contributed by atoms with van der Waals surface area (Å²) in [5.41, 5.74) is 1.03. The van der Waals surface area contributed by atoms with Gasteiger partial charge in [0.25, 0.3) is 0 Å². The molecule has 1 aromatic rings. The Bertz CT molecular complexity index is 311. The van der Waals surface area contributed by atoms with Crippen LogP contribution in [0.15, 0.2) is 18.2 Å². The standard InChI is InChI=1S/C11H15ClO3/c1-8-4-5-9(12)6-10(8)15-7-11(13-2)14-3/h4-6,11H,7H2,1-3H3. The van der Waals surface area contributed by atoms with Crippen LogP contribution < -0.4 is 4.74 Å². The van der Waals surface area contributed by atoms with Gasteiger partial charge in [-0.3, -0.25) is 0 Å². The van der Waals surface area contributed by atoms with Gasteiger partial charge < -0.3 is 14.2 Å². The number of halogens is 1. The zero-order chi connectivity index (χ0) is 11.3. The van der Waals surface area contributed by atoms with Crippen molar-refractivity contribution >= 4 is 11.6 Å². The van der Waals surface area contributed by atoms with Crippen molar-refractivity contribution in [2.24, 2.45) is 0 Å². The summed E-state index contributed by atoms with van der Waals surface area (Å²) in [6.07, 6.45) is -0.358. The van der Waals surface area contributed by atoms with Crippen molar-refractivity contribution in [2.45, 2.75) is 13.2 Å². The molecule has 0 unspecified atom stereocenters. The molecule has 0 amide bonds. The lowest BCUT2D eigenvalue weighted by atomic mass is 10.2. The molecule has 0 bridgehead atoms. The molecule has 15 heavy (non-hydrogen) atoms. The highest BCUT2D eigenvalue weighted by Crippen LogP contribution is 2.22. The van der Waals surface area contributed by atoms with Crippen LogP contribution in [0.3, 0.4) is 0 Å². The second-order valence-electron chi connectivity index (χ2n) is 3.12. The van der Waals surface area contributed by atoms with Crippen LogP contribution >= 0.6 is 11.6 Å². The fraction of sp³-hybridized carbons (Fsp3) is 0.455. The number of rotatable bonds is 5. The first-order valence-electron chi connectivity index (χ1n) is 4.62. The lowest BCUT2D eigenvalue weighted by Gasteiger charge is -2.15. The molecule has 0 aliphatic carbocycles. The van der Waals surface area contributed by atoms with Crippen LogP contribution in [0.1, 0.15) is 5.56 Å². The molecule has 0 heterocycles. The fourth-order valence-corrected chi connectivity index (χ4v) is 1.28. The molecule has 4 heteroatoms. The normalized spacial score (nSPS) is 10.7. The van der Waals surface area contributed by atoms with Gasteiger partial charge in [-0.2, -0.15) is 0 Å². The van der Waals surface area contributed by atoms with Crippen LogP contribution in [0.25, 0.3) is 0 Å². The van der Waals surface area contributed by atoms with Crippen molar-refractivity contribution in [1.29, 1.82) is 0 Å². The van der Waals surface area contributed by atoms with Crippen molar-refractivity contribution in [3.63, 3.8) is 0 Å². The average molecular weight is 231 g/mol. The minimum Gasteiger partial charge on any atom is -0.488 e. The molecule has 0 radical (unpaired) electrons. The van der Waals surface area contributed by atoms with Gasteiger partial charge in [-0.15, -0.1) is 0 Å². The molecule has 0 aromatic heterocycles. The molecule has 0 N–H and O–H groups in total. The summed E-state index contributed by atoms with van der Waals surface area (Å²) in [6.45, 7) is 2.30. The number of methoxy groups -OCH3 is 2. The van der Waals surface area contributed by atoms with Gasteiger partial charge in [0.2, 0.25) is 0 Å². The maximum absolute atomic E-state index is 5.86. The minimum absolute atomic E-state index is 0.341. The Morgan fingerprint density at radius 2 is 1.93 bits per heavy atom. The molecular formula is C11H15ClO3. The molecule has 0 fully saturated rings. The number of aryl methyl sites for hydroxylation is 1. The molecule has 1 aromatic carbocycles. The van der Waals surface area contributed by atoms with Crippen LogP contribution in [0.2, 0.25) is 5.02 Å². The maximum Gasteiger partial charge on any atom is 0.191 e. The molecule has 0 spiro atoms.